The molecule has 0 spiro atoms. The molecule has 0 saturated carbocycles. The first-order valence-electron chi connectivity index (χ1n) is 6.73. The first-order valence-corrected chi connectivity index (χ1v) is 7.99. The van der Waals surface area contributed by atoms with Gasteiger partial charge in [0.2, 0.25) is 5.91 Å². The summed E-state index contributed by atoms with van der Waals surface area (Å²) in [7, 11) is 1.45. The Balaban J connectivity index is 2.31. The Morgan fingerprint density at radius 1 is 1.52 bits per heavy atom. The number of imide groups is 1. The van der Waals surface area contributed by atoms with Gasteiger partial charge < -0.3 is 4.90 Å². The summed E-state index contributed by atoms with van der Waals surface area (Å²) in [6.45, 7) is 4.17. The first-order chi connectivity index (χ1) is 9.88. The molecular formula is C14H17ClN2O3S. The molecule has 0 aromatic carbocycles. The van der Waals surface area contributed by atoms with Gasteiger partial charge in [0.05, 0.1) is 11.4 Å². The molecule has 0 bridgehead atoms. The van der Waals surface area contributed by atoms with E-state index in [4.69, 9.17) is 11.6 Å². The lowest BCUT2D eigenvalue weighted by Crippen LogP contribution is -2.45. The molecule has 3 amide bonds. The van der Waals surface area contributed by atoms with Crippen LogP contribution in [0.25, 0.3) is 0 Å². The molecular weight excluding hydrogens is 312 g/mol. The molecule has 1 aliphatic heterocycles. The van der Waals surface area contributed by atoms with Gasteiger partial charge in [0.1, 0.15) is 10.9 Å². The second-order valence-electron chi connectivity index (χ2n) is 5.07. The maximum absolute atomic E-state index is 12.7. The highest BCUT2D eigenvalue weighted by Gasteiger charge is 2.42. The number of amides is 3. The lowest BCUT2D eigenvalue weighted by Gasteiger charge is -2.26. The Bertz CT molecular complexity index is 599. The van der Waals surface area contributed by atoms with Gasteiger partial charge >= 0.3 is 0 Å². The van der Waals surface area contributed by atoms with Crippen LogP contribution < -0.4 is 0 Å². The number of nitrogens with zero attached hydrogens (tertiary/aromatic N) is 2. The number of hydrogen-bond acceptors (Lipinski definition) is 4. The van der Waals surface area contributed by atoms with Gasteiger partial charge in [-0.2, -0.15) is 0 Å². The Morgan fingerprint density at radius 2 is 2.19 bits per heavy atom. The summed E-state index contributed by atoms with van der Waals surface area (Å²) >= 11 is 7.42. The van der Waals surface area contributed by atoms with Crippen molar-refractivity contribution in [1.82, 2.24) is 9.80 Å². The first kappa shape index (κ1) is 16.0. The Hall–Kier alpha value is -1.40. The SMILES string of the molecule is CCCN(C(=O)c1scc(C)c1Cl)C1CC(=O)N(C)C1=O. The van der Waals surface area contributed by atoms with E-state index in [1.54, 1.807) is 0 Å². The highest BCUT2D eigenvalue weighted by Crippen LogP contribution is 2.30. The van der Waals surface area contributed by atoms with E-state index in [0.717, 1.165) is 10.5 Å². The van der Waals surface area contributed by atoms with Gasteiger partial charge in [-0.1, -0.05) is 18.5 Å². The van der Waals surface area contributed by atoms with Crippen LogP contribution in [0.3, 0.4) is 0 Å². The van der Waals surface area contributed by atoms with Gasteiger partial charge in [0, 0.05) is 13.6 Å². The smallest absolute Gasteiger partial charge is 0.266 e. The third-order valence-corrected chi connectivity index (χ3v) is 5.24. The van der Waals surface area contributed by atoms with E-state index in [9.17, 15) is 14.4 Å². The van der Waals surface area contributed by atoms with Crippen LogP contribution in [0.5, 0.6) is 0 Å². The summed E-state index contributed by atoms with van der Waals surface area (Å²) in [6.07, 6.45) is 0.748. The van der Waals surface area contributed by atoms with E-state index >= 15 is 0 Å². The maximum atomic E-state index is 12.7. The zero-order chi connectivity index (χ0) is 15.7. The van der Waals surface area contributed by atoms with Gasteiger partial charge in [-0.25, -0.2) is 0 Å². The standard InChI is InChI=1S/C14H17ClN2O3S/c1-4-5-17(9-6-10(18)16(3)13(9)19)14(20)12-11(15)8(2)7-21-12/h7,9H,4-6H2,1-3H3. The molecule has 2 rings (SSSR count). The van der Waals surface area contributed by atoms with Crippen molar-refractivity contribution in [3.05, 3.63) is 20.8 Å². The third-order valence-electron chi connectivity index (χ3n) is 3.55. The summed E-state index contributed by atoms with van der Waals surface area (Å²) in [5.41, 5.74) is 0.840. The maximum Gasteiger partial charge on any atom is 0.266 e. The number of carbonyl (C=O) groups is 3. The highest BCUT2D eigenvalue weighted by molar-refractivity contribution is 7.13. The third kappa shape index (κ3) is 2.82. The van der Waals surface area contributed by atoms with Crippen molar-refractivity contribution in [3.63, 3.8) is 0 Å². The summed E-state index contributed by atoms with van der Waals surface area (Å²) in [5, 5.41) is 2.24. The van der Waals surface area contributed by atoms with E-state index < -0.39 is 6.04 Å². The van der Waals surface area contributed by atoms with Gasteiger partial charge in [0.25, 0.3) is 11.8 Å². The topological polar surface area (TPSA) is 57.7 Å². The molecule has 1 saturated heterocycles. The lowest BCUT2D eigenvalue weighted by atomic mass is 10.2. The number of carbonyl (C=O) groups excluding carboxylic acids is 3. The van der Waals surface area contributed by atoms with Crippen LogP contribution in [-0.4, -0.2) is 47.2 Å². The van der Waals surface area contributed by atoms with E-state index in [1.165, 1.54) is 23.3 Å². The molecule has 1 aromatic rings. The minimum Gasteiger partial charge on any atom is -0.325 e. The molecule has 5 nitrogen and oxygen atoms in total. The number of aryl methyl sites for hydroxylation is 1. The molecule has 0 aliphatic carbocycles. The zero-order valence-corrected chi connectivity index (χ0v) is 13.8. The van der Waals surface area contributed by atoms with Crippen LogP contribution in [0.4, 0.5) is 0 Å². The molecule has 1 unspecified atom stereocenters. The van der Waals surface area contributed by atoms with Gasteiger partial charge in [-0.15, -0.1) is 11.3 Å². The lowest BCUT2D eigenvalue weighted by molar-refractivity contribution is -0.137. The van der Waals surface area contributed by atoms with Crippen LogP contribution in [0, 0.1) is 6.92 Å². The van der Waals surface area contributed by atoms with Crippen molar-refractivity contribution in [1.29, 1.82) is 0 Å². The number of thiophene rings is 1. The van der Waals surface area contributed by atoms with Crippen LogP contribution >= 0.6 is 22.9 Å². The van der Waals surface area contributed by atoms with Crippen molar-refractivity contribution in [3.8, 4) is 0 Å². The summed E-state index contributed by atoms with van der Waals surface area (Å²) in [5.74, 6) is -0.861. The predicted octanol–water partition coefficient (Wildman–Crippen LogP) is 2.32. The Kier molecular flexibility index (Phi) is 4.68. The zero-order valence-electron chi connectivity index (χ0n) is 12.2. The quantitative estimate of drug-likeness (QED) is 0.797. The molecule has 21 heavy (non-hydrogen) atoms. The molecule has 1 aliphatic rings. The highest BCUT2D eigenvalue weighted by atomic mass is 35.5. The fourth-order valence-corrected chi connectivity index (χ4v) is 3.55. The molecule has 1 fully saturated rings. The van der Waals surface area contributed by atoms with E-state index in [0.29, 0.717) is 22.9 Å². The fraction of sp³-hybridized carbons (Fsp3) is 0.500. The largest absolute Gasteiger partial charge is 0.325 e. The van der Waals surface area contributed by atoms with Crippen molar-refractivity contribution >= 4 is 40.7 Å². The molecule has 114 valence electrons. The van der Waals surface area contributed by atoms with Crippen molar-refractivity contribution in [2.75, 3.05) is 13.6 Å². The summed E-state index contributed by atoms with van der Waals surface area (Å²) < 4.78 is 0. The minimum absolute atomic E-state index is 0.0447. The monoisotopic (exact) mass is 328 g/mol. The molecule has 0 N–H and O–H groups in total. The Labute approximate surface area is 132 Å². The molecule has 2 heterocycles. The fourth-order valence-electron chi connectivity index (χ4n) is 2.32. The minimum atomic E-state index is -0.714. The number of likely N-dealkylation sites (tertiary alicyclic amines) is 1. The van der Waals surface area contributed by atoms with E-state index in [-0.39, 0.29) is 24.1 Å². The molecule has 1 atom stereocenters. The van der Waals surface area contributed by atoms with Crippen molar-refractivity contribution in [2.45, 2.75) is 32.7 Å². The number of hydrogen-bond donors (Lipinski definition) is 0. The van der Waals surface area contributed by atoms with Gasteiger partial charge in [-0.3, -0.25) is 19.3 Å². The number of likely N-dealkylation sites (N-methyl/N-ethyl adjacent to an activating group) is 1. The van der Waals surface area contributed by atoms with Crippen LogP contribution in [0.1, 0.15) is 35.0 Å². The van der Waals surface area contributed by atoms with Gasteiger partial charge in [-0.05, 0) is 24.3 Å². The number of rotatable bonds is 4. The molecule has 7 heteroatoms. The van der Waals surface area contributed by atoms with Crippen molar-refractivity contribution < 1.29 is 14.4 Å². The van der Waals surface area contributed by atoms with Crippen LogP contribution in [-0.2, 0) is 9.59 Å². The predicted molar refractivity (Wildman–Crippen MR) is 81.6 cm³/mol. The molecule has 0 radical (unpaired) electrons. The Morgan fingerprint density at radius 3 is 2.62 bits per heavy atom. The van der Waals surface area contributed by atoms with Gasteiger partial charge in [0.15, 0.2) is 0 Å². The molecule has 1 aromatic heterocycles. The van der Waals surface area contributed by atoms with Crippen LogP contribution in [0.15, 0.2) is 5.38 Å². The average molecular weight is 329 g/mol. The second kappa shape index (κ2) is 6.15. The van der Waals surface area contributed by atoms with E-state index in [2.05, 4.69) is 0 Å². The van der Waals surface area contributed by atoms with Crippen molar-refractivity contribution in [2.24, 2.45) is 0 Å². The summed E-state index contributed by atoms with van der Waals surface area (Å²) in [4.78, 5) is 39.5. The second-order valence-corrected chi connectivity index (χ2v) is 6.33. The number of halogens is 1. The summed E-state index contributed by atoms with van der Waals surface area (Å²) in [6, 6.07) is -0.714. The normalized spacial score (nSPS) is 18.5. The van der Waals surface area contributed by atoms with E-state index in [1.807, 2.05) is 19.2 Å². The van der Waals surface area contributed by atoms with Crippen LogP contribution in [0.2, 0.25) is 5.02 Å². The average Bonchev–Trinajstić information content (AvgIpc) is 2.91.